The maximum atomic E-state index is 12.8. The number of anilines is 3. The van der Waals surface area contributed by atoms with E-state index in [0.29, 0.717) is 16.9 Å². The highest BCUT2D eigenvalue weighted by molar-refractivity contribution is 6.07. The molecule has 0 saturated heterocycles. The number of hydrogen-bond donors (Lipinski definition) is 4. The summed E-state index contributed by atoms with van der Waals surface area (Å²) in [4.78, 5) is 33.9. The maximum absolute atomic E-state index is 12.8. The van der Waals surface area contributed by atoms with Crippen LogP contribution in [0.3, 0.4) is 0 Å². The monoisotopic (exact) mass is 458 g/mol. The summed E-state index contributed by atoms with van der Waals surface area (Å²) in [7, 11) is 0. The third-order valence-electron chi connectivity index (χ3n) is 5.19. The SMILES string of the molecule is Cc1ccc(NC(=O)c2cccc(C(C)(C)C#N)c2)cc1NC(=O)c1nccnc1NCCO. The Labute approximate surface area is 197 Å². The zero-order valence-corrected chi connectivity index (χ0v) is 19.2. The molecule has 34 heavy (non-hydrogen) atoms. The Bertz CT molecular complexity index is 1250. The summed E-state index contributed by atoms with van der Waals surface area (Å²) >= 11 is 0. The van der Waals surface area contributed by atoms with Crippen LogP contribution in [0.2, 0.25) is 0 Å². The van der Waals surface area contributed by atoms with Crippen molar-refractivity contribution in [2.24, 2.45) is 0 Å². The summed E-state index contributed by atoms with van der Waals surface area (Å²) < 4.78 is 0. The van der Waals surface area contributed by atoms with Gasteiger partial charge < -0.3 is 21.1 Å². The molecule has 0 atom stereocenters. The standard InChI is InChI=1S/C25H26N6O3/c1-16-7-8-19(30-23(33)17-5-4-6-18(13-17)25(2,3)15-26)14-20(16)31-24(34)21-22(29-11-12-32)28-10-9-27-21/h4-10,13-14,32H,11-12H2,1-3H3,(H,28,29)(H,30,33)(H,31,34). The van der Waals surface area contributed by atoms with E-state index in [0.717, 1.165) is 11.1 Å². The van der Waals surface area contributed by atoms with E-state index >= 15 is 0 Å². The molecule has 0 aliphatic heterocycles. The van der Waals surface area contributed by atoms with E-state index in [1.165, 1.54) is 12.4 Å². The van der Waals surface area contributed by atoms with Crippen molar-refractivity contribution in [2.45, 2.75) is 26.2 Å². The highest BCUT2D eigenvalue weighted by Crippen LogP contribution is 2.25. The molecule has 0 fully saturated rings. The van der Waals surface area contributed by atoms with Gasteiger partial charge in [0.25, 0.3) is 11.8 Å². The average molecular weight is 459 g/mol. The first-order chi connectivity index (χ1) is 16.2. The predicted molar refractivity (Wildman–Crippen MR) is 130 cm³/mol. The van der Waals surface area contributed by atoms with Crippen molar-refractivity contribution in [1.29, 1.82) is 5.26 Å². The van der Waals surface area contributed by atoms with Gasteiger partial charge in [-0.3, -0.25) is 9.59 Å². The number of aliphatic hydroxyl groups is 1. The number of rotatable bonds is 8. The minimum absolute atomic E-state index is 0.0849. The second-order valence-electron chi connectivity index (χ2n) is 8.16. The number of aromatic nitrogens is 2. The first-order valence-electron chi connectivity index (χ1n) is 10.7. The third-order valence-corrected chi connectivity index (χ3v) is 5.19. The number of nitrogens with zero attached hydrogens (tertiary/aromatic N) is 3. The zero-order valence-electron chi connectivity index (χ0n) is 19.2. The van der Waals surface area contributed by atoms with Crippen LogP contribution in [0, 0.1) is 18.3 Å². The second-order valence-corrected chi connectivity index (χ2v) is 8.16. The molecule has 0 unspecified atom stereocenters. The number of benzene rings is 2. The lowest BCUT2D eigenvalue weighted by Crippen LogP contribution is -2.19. The van der Waals surface area contributed by atoms with Crippen molar-refractivity contribution >= 4 is 29.0 Å². The molecule has 9 heteroatoms. The van der Waals surface area contributed by atoms with Crippen molar-refractivity contribution < 1.29 is 14.7 Å². The van der Waals surface area contributed by atoms with Crippen LogP contribution in [-0.4, -0.2) is 40.0 Å². The lowest BCUT2D eigenvalue weighted by Gasteiger charge is -2.17. The van der Waals surface area contributed by atoms with Crippen LogP contribution in [0.1, 0.15) is 45.8 Å². The normalized spacial score (nSPS) is 10.8. The summed E-state index contributed by atoms with van der Waals surface area (Å²) in [6.07, 6.45) is 2.86. The average Bonchev–Trinajstić information content (AvgIpc) is 2.85. The molecule has 0 aliphatic rings. The fraction of sp³-hybridized carbons (Fsp3) is 0.240. The molecule has 2 amide bonds. The molecule has 0 spiro atoms. The smallest absolute Gasteiger partial charge is 0.278 e. The Hall–Kier alpha value is -4.29. The number of carbonyl (C=O) groups excluding carboxylic acids is 2. The van der Waals surface area contributed by atoms with E-state index in [1.807, 2.05) is 13.0 Å². The Morgan fingerprint density at radius 3 is 2.56 bits per heavy atom. The molecule has 0 radical (unpaired) electrons. The zero-order chi connectivity index (χ0) is 24.7. The topological polar surface area (TPSA) is 140 Å². The Kier molecular flexibility index (Phi) is 7.56. The Morgan fingerprint density at radius 2 is 1.82 bits per heavy atom. The van der Waals surface area contributed by atoms with Crippen molar-refractivity contribution in [2.75, 3.05) is 29.1 Å². The Morgan fingerprint density at radius 1 is 1.06 bits per heavy atom. The van der Waals surface area contributed by atoms with Crippen molar-refractivity contribution in [3.05, 3.63) is 77.2 Å². The van der Waals surface area contributed by atoms with Crippen LogP contribution in [0.4, 0.5) is 17.2 Å². The largest absolute Gasteiger partial charge is 0.395 e. The van der Waals surface area contributed by atoms with Gasteiger partial charge in [0.15, 0.2) is 11.5 Å². The van der Waals surface area contributed by atoms with Crippen LogP contribution in [0.25, 0.3) is 0 Å². The van der Waals surface area contributed by atoms with Gasteiger partial charge in [0.2, 0.25) is 0 Å². The van der Waals surface area contributed by atoms with Crippen molar-refractivity contribution in [1.82, 2.24) is 9.97 Å². The number of hydrogen-bond acceptors (Lipinski definition) is 7. The highest BCUT2D eigenvalue weighted by atomic mass is 16.3. The number of aliphatic hydroxyl groups excluding tert-OH is 1. The molecule has 1 heterocycles. The lowest BCUT2D eigenvalue weighted by atomic mass is 9.85. The van der Waals surface area contributed by atoms with E-state index in [1.54, 1.807) is 50.2 Å². The van der Waals surface area contributed by atoms with E-state index in [2.05, 4.69) is 32.0 Å². The van der Waals surface area contributed by atoms with Gasteiger partial charge in [-0.15, -0.1) is 0 Å². The molecule has 174 valence electrons. The predicted octanol–water partition coefficient (Wildman–Crippen LogP) is 3.50. The maximum Gasteiger partial charge on any atom is 0.278 e. The number of nitrogens with one attached hydrogen (secondary N) is 3. The molecule has 3 aromatic rings. The summed E-state index contributed by atoms with van der Waals surface area (Å²) in [5, 5.41) is 26.9. The Balaban J connectivity index is 1.79. The molecule has 3 rings (SSSR count). The van der Waals surface area contributed by atoms with Crippen LogP contribution >= 0.6 is 0 Å². The summed E-state index contributed by atoms with van der Waals surface area (Å²) in [5.41, 5.74) is 2.32. The van der Waals surface area contributed by atoms with E-state index in [-0.39, 0.29) is 30.6 Å². The van der Waals surface area contributed by atoms with E-state index in [4.69, 9.17) is 5.11 Å². The van der Waals surface area contributed by atoms with Gasteiger partial charge in [0, 0.05) is 35.9 Å². The lowest BCUT2D eigenvalue weighted by molar-refractivity contribution is 0.101. The third kappa shape index (κ3) is 5.74. The number of carbonyl (C=O) groups is 2. The van der Waals surface area contributed by atoms with Gasteiger partial charge in [-0.2, -0.15) is 5.26 Å². The first kappa shape index (κ1) is 24.4. The second kappa shape index (κ2) is 10.6. The number of nitriles is 1. The fourth-order valence-electron chi connectivity index (χ4n) is 3.14. The quantitative estimate of drug-likeness (QED) is 0.405. The molecule has 0 bridgehead atoms. The summed E-state index contributed by atoms with van der Waals surface area (Å²) in [6, 6.07) is 14.3. The molecule has 1 aromatic heterocycles. The number of aryl methyl sites for hydroxylation is 1. The van der Waals surface area contributed by atoms with Gasteiger partial charge in [-0.05, 0) is 56.2 Å². The van der Waals surface area contributed by atoms with Crippen molar-refractivity contribution in [3.63, 3.8) is 0 Å². The van der Waals surface area contributed by atoms with Crippen molar-refractivity contribution in [3.8, 4) is 6.07 Å². The van der Waals surface area contributed by atoms with Gasteiger partial charge >= 0.3 is 0 Å². The van der Waals surface area contributed by atoms with Crippen LogP contribution in [-0.2, 0) is 5.41 Å². The molecule has 9 nitrogen and oxygen atoms in total. The minimum Gasteiger partial charge on any atom is -0.395 e. The summed E-state index contributed by atoms with van der Waals surface area (Å²) in [6.45, 7) is 5.53. The minimum atomic E-state index is -0.719. The van der Waals surface area contributed by atoms with Crippen LogP contribution in [0.15, 0.2) is 54.9 Å². The number of amides is 2. The molecular weight excluding hydrogens is 432 g/mol. The van der Waals surface area contributed by atoms with Gasteiger partial charge in [-0.1, -0.05) is 18.2 Å². The van der Waals surface area contributed by atoms with Crippen LogP contribution < -0.4 is 16.0 Å². The molecule has 2 aromatic carbocycles. The first-order valence-corrected chi connectivity index (χ1v) is 10.7. The van der Waals surface area contributed by atoms with Gasteiger partial charge in [0.1, 0.15) is 0 Å². The van der Waals surface area contributed by atoms with E-state index in [9.17, 15) is 14.9 Å². The molecule has 4 N–H and O–H groups in total. The molecular formula is C25H26N6O3. The molecule has 0 saturated carbocycles. The van der Waals surface area contributed by atoms with Gasteiger partial charge in [-0.25, -0.2) is 9.97 Å². The highest BCUT2D eigenvalue weighted by Gasteiger charge is 2.21. The van der Waals surface area contributed by atoms with Crippen LogP contribution in [0.5, 0.6) is 0 Å². The van der Waals surface area contributed by atoms with E-state index < -0.39 is 11.3 Å². The fourth-order valence-corrected chi connectivity index (χ4v) is 3.14. The summed E-state index contributed by atoms with van der Waals surface area (Å²) in [5.74, 6) is -0.552. The molecule has 0 aliphatic carbocycles. The van der Waals surface area contributed by atoms with Gasteiger partial charge in [0.05, 0.1) is 18.1 Å².